The SMILES string of the molecule is Cc1cc(/C=C2/SC(=O)NC2=O)c(C)n1-c1ccc(Br)cc1. The standard InChI is InChI=1S/C16H13BrN2O2S/c1-9-7-11(8-14-15(20)18-16(21)22-14)10(2)19(9)13-5-3-12(17)4-6-13/h3-8H,1-2H3,(H,18,20,21)/b14-8+. The van der Waals surface area contributed by atoms with Crippen LogP contribution in [0.3, 0.4) is 0 Å². The third-order valence-electron chi connectivity index (χ3n) is 3.48. The molecule has 0 bridgehead atoms. The van der Waals surface area contributed by atoms with Crippen LogP contribution in [0.5, 0.6) is 0 Å². The number of rotatable bonds is 2. The smallest absolute Gasteiger partial charge is 0.290 e. The molecule has 2 aromatic rings. The predicted octanol–water partition coefficient (Wildman–Crippen LogP) is 4.18. The molecule has 1 fully saturated rings. The molecule has 0 radical (unpaired) electrons. The molecule has 0 spiro atoms. The molecular formula is C16H13BrN2O2S. The van der Waals surface area contributed by atoms with Crippen molar-refractivity contribution >= 4 is 44.9 Å². The Morgan fingerprint density at radius 2 is 1.86 bits per heavy atom. The van der Waals surface area contributed by atoms with Gasteiger partial charge in [-0.05, 0) is 67.6 Å². The quantitative estimate of drug-likeness (QED) is 0.799. The number of nitrogens with one attached hydrogen (secondary N) is 1. The van der Waals surface area contributed by atoms with E-state index in [1.807, 2.05) is 44.2 Å². The monoisotopic (exact) mass is 376 g/mol. The molecule has 0 unspecified atom stereocenters. The summed E-state index contributed by atoms with van der Waals surface area (Å²) in [4.78, 5) is 23.3. The molecule has 1 aliphatic rings. The molecule has 2 amide bonds. The highest BCUT2D eigenvalue weighted by Crippen LogP contribution is 2.29. The zero-order valence-corrected chi connectivity index (χ0v) is 14.4. The number of nitrogens with zero attached hydrogens (tertiary/aromatic N) is 1. The molecule has 3 rings (SSSR count). The van der Waals surface area contributed by atoms with Crippen LogP contribution in [0.2, 0.25) is 0 Å². The molecule has 1 aliphatic heterocycles. The number of aromatic nitrogens is 1. The maximum absolute atomic E-state index is 11.7. The van der Waals surface area contributed by atoms with Crippen LogP contribution in [-0.2, 0) is 4.79 Å². The van der Waals surface area contributed by atoms with Crippen molar-refractivity contribution < 1.29 is 9.59 Å². The minimum atomic E-state index is -0.330. The van der Waals surface area contributed by atoms with Gasteiger partial charge in [0.25, 0.3) is 11.1 Å². The van der Waals surface area contributed by atoms with Crippen LogP contribution >= 0.6 is 27.7 Å². The van der Waals surface area contributed by atoms with Gasteiger partial charge in [0.1, 0.15) is 0 Å². The molecule has 6 heteroatoms. The van der Waals surface area contributed by atoms with E-state index in [2.05, 4.69) is 25.8 Å². The first kappa shape index (κ1) is 15.1. The number of aryl methyl sites for hydroxylation is 1. The molecule has 1 N–H and O–H groups in total. The molecule has 4 nitrogen and oxygen atoms in total. The summed E-state index contributed by atoms with van der Waals surface area (Å²) in [5.41, 5.74) is 4.09. The van der Waals surface area contributed by atoms with Gasteiger partial charge in [-0.1, -0.05) is 15.9 Å². The van der Waals surface area contributed by atoms with Crippen LogP contribution in [-0.4, -0.2) is 15.7 Å². The number of hydrogen-bond donors (Lipinski definition) is 1. The van der Waals surface area contributed by atoms with Crippen molar-refractivity contribution in [2.75, 3.05) is 0 Å². The minimum Gasteiger partial charge on any atom is -0.318 e. The Morgan fingerprint density at radius 1 is 1.18 bits per heavy atom. The molecule has 112 valence electrons. The lowest BCUT2D eigenvalue weighted by molar-refractivity contribution is -0.115. The average Bonchev–Trinajstić information content (AvgIpc) is 2.92. The van der Waals surface area contributed by atoms with E-state index in [9.17, 15) is 9.59 Å². The number of carbonyl (C=O) groups excluding carboxylic acids is 2. The van der Waals surface area contributed by atoms with E-state index in [1.165, 1.54) is 0 Å². The zero-order chi connectivity index (χ0) is 15.9. The van der Waals surface area contributed by atoms with Gasteiger partial charge in [-0.3, -0.25) is 14.9 Å². The Hall–Kier alpha value is -1.79. The van der Waals surface area contributed by atoms with E-state index >= 15 is 0 Å². The van der Waals surface area contributed by atoms with Crippen molar-refractivity contribution in [3.63, 3.8) is 0 Å². The summed E-state index contributed by atoms with van der Waals surface area (Å²) in [5.74, 6) is -0.330. The maximum Gasteiger partial charge on any atom is 0.290 e. The fourth-order valence-corrected chi connectivity index (χ4v) is 3.42. The number of thioether (sulfide) groups is 1. The Kier molecular flexibility index (Phi) is 3.97. The summed E-state index contributed by atoms with van der Waals surface area (Å²) >= 11 is 4.37. The van der Waals surface area contributed by atoms with E-state index in [0.717, 1.165) is 38.9 Å². The maximum atomic E-state index is 11.7. The second-order valence-corrected chi connectivity index (χ2v) is 6.92. The van der Waals surface area contributed by atoms with Gasteiger partial charge in [-0.2, -0.15) is 0 Å². The number of hydrogen-bond acceptors (Lipinski definition) is 3. The molecule has 0 aliphatic carbocycles. The fraction of sp³-hybridized carbons (Fsp3) is 0.125. The third kappa shape index (κ3) is 2.76. The Bertz CT molecular complexity index is 806. The first-order chi connectivity index (χ1) is 10.5. The van der Waals surface area contributed by atoms with E-state index in [1.54, 1.807) is 6.08 Å². The highest BCUT2D eigenvalue weighted by atomic mass is 79.9. The van der Waals surface area contributed by atoms with Gasteiger partial charge in [-0.25, -0.2) is 0 Å². The van der Waals surface area contributed by atoms with E-state index in [4.69, 9.17) is 0 Å². The predicted molar refractivity (Wildman–Crippen MR) is 92.0 cm³/mol. The fourth-order valence-electron chi connectivity index (χ4n) is 2.48. The first-order valence-electron chi connectivity index (χ1n) is 6.65. The van der Waals surface area contributed by atoms with Gasteiger partial charge in [0.05, 0.1) is 4.91 Å². The summed E-state index contributed by atoms with van der Waals surface area (Å²) in [5, 5.41) is 1.95. The molecule has 0 atom stereocenters. The molecule has 1 aromatic heterocycles. The summed E-state index contributed by atoms with van der Waals surface area (Å²) in [6, 6.07) is 10.1. The molecule has 1 saturated heterocycles. The van der Waals surface area contributed by atoms with Crippen molar-refractivity contribution in [1.29, 1.82) is 0 Å². The number of carbonyl (C=O) groups is 2. The summed E-state index contributed by atoms with van der Waals surface area (Å²) in [6.45, 7) is 4.02. The van der Waals surface area contributed by atoms with E-state index in [0.29, 0.717) is 4.91 Å². The third-order valence-corrected chi connectivity index (χ3v) is 4.82. The highest BCUT2D eigenvalue weighted by molar-refractivity contribution is 9.10. The minimum absolute atomic E-state index is 0.321. The molecule has 1 aromatic carbocycles. The molecule has 0 saturated carbocycles. The van der Waals surface area contributed by atoms with Crippen LogP contribution in [0.25, 0.3) is 11.8 Å². The topological polar surface area (TPSA) is 51.1 Å². The number of amides is 2. The van der Waals surface area contributed by atoms with E-state index in [-0.39, 0.29) is 11.1 Å². The first-order valence-corrected chi connectivity index (χ1v) is 8.26. The number of halogens is 1. The zero-order valence-electron chi connectivity index (χ0n) is 12.0. The van der Waals surface area contributed by atoms with Gasteiger partial charge in [0.15, 0.2) is 0 Å². The van der Waals surface area contributed by atoms with Crippen LogP contribution < -0.4 is 5.32 Å². The lowest BCUT2D eigenvalue weighted by atomic mass is 10.2. The van der Waals surface area contributed by atoms with Crippen molar-refractivity contribution in [2.45, 2.75) is 13.8 Å². The lowest BCUT2D eigenvalue weighted by Gasteiger charge is -2.09. The van der Waals surface area contributed by atoms with Gasteiger partial charge in [-0.15, -0.1) is 0 Å². The van der Waals surface area contributed by atoms with Gasteiger partial charge < -0.3 is 4.57 Å². The average molecular weight is 377 g/mol. The number of imide groups is 1. The van der Waals surface area contributed by atoms with Crippen molar-refractivity contribution in [3.05, 3.63) is 56.7 Å². The Morgan fingerprint density at radius 3 is 2.45 bits per heavy atom. The van der Waals surface area contributed by atoms with Crippen LogP contribution in [0.15, 0.2) is 39.7 Å². The summed E-state index contributed by atoms with van der Waals surface area (Å²) < 4.78 is 3.15. The van der Waals surface area contributed by atoms with Crippen molar-refractivity contribution in [3.8, 4) is 5.69 Å². The number of benzene rings is 1. The van der Waals surface area contributed by atoms with Crippen LogP contribution in [0.4, 0.5) is 4.79 Å². The van der Waals surface area contributed by atoms with Gasteiger partial charge >= 0.3 is 0 Å². The second kappa shape index (κ2) is 5.78. The van der Waals surface area contributed by atoms with Crippen molar-refractivity contribution in [2.24, 2.45) is 0 Å². The lowest BCUT2D eigenvalue weighted by Crippen LogP contribution is -2.17. The molecule has 2 heterocycles. The Balaban J connectivity index is 2.04. The summed E-state index contributed by atoms with van der Waals surface area (Å²) in [6.07, 6.45) is 1.77. The highest BCUT2D eigenvalue weighted by Gasteiger charge is 2.25. The normalized spacial score (nSPS) is 16.4. The van der Waals surface area contributed by atoms with Crippen LogP contribution in [0.1, 0.15) is 17.0 Å². The van der Waals surface area contributed by atoms with Crippen molar-refractivity contribution in [1.82, 2.24) is 9.88 Å². The largest absolute Gasteiger partial charge is 0.318 e. The van der Waals surface area contributed by atoms with E-state index < -0.39 is 0 Å². The summed E-state index contributed by atoms with van der Waals surface area (Å²) in [7, 11) is 0. The van der Waals surface area contributed by atoms with Crippen LogP contribution in [0, 0.1) is 13.8 Å². The molecule has 22 heavy (non-hydrogen) atoms. The second-order valence-electron chi connectivity index (χ2n) is 4.99. The Labute approximate surface area is 140 Å². The van der Waals surface area contributed by atoms with Gasteiger partial charge in [0, 0.05) is 21.5 Å². The molecular weight excluding hydrogens is 364 g/mol. The van der Waals surface area contributed by atoms with Gasteiger partial charge in [0.2, 0.25) is 0 Å².